The lowest BCUT2D eigenvalue weighted by Gasteiger charge is -2.11. The van der Waals surface area contributed by atoms with Crippen molar-refractivity contribution >= 4 is 11.8 Å². The van der Waals surface area contributed by atoms with Gasteiger partial charge in [0.25, 0.3) is 0 Å². The zero-order valence-electron chi connectivity index (χ0n) is 11.4. The van der Waals surface area contributed by atoms with Crippen molar-refractivity contribution in [3.05, 3.63) is 29.8 Å². The Kier molecular flexibility index (Phi) is 4.98. The standard InChI is InChI=1S/C15H20N2O3/c18-13-7-5-11(6-8-13)9-10-16-14(19)15(20)17-12-3-1-2-4-12/h5-8,12,18H,1-4,9-10H2,(H,16,19)(H,17,20). The van der Waals surface area contributed by atoms with Gasteiger partial charge in [0.15, 0.2) is 0 Å². The summed E-state index contributed by atoms with van der Waals surface area (Å²) in [4.78, 5) is 23.2. The molecule has 1 saturated carbocycles. The van der Waals surface area contributed by atoms with Gasteiger partial charge in [-0.15, -0.1) is 0 Å². The molecule has 108 valence electrons. The van der Waals surface area contributed by atoms with E-state index in [1.807, 2.05) is 0 Å². The number of hydrogen-bond donors (Lipinski definition) is 3. The van der Waals surface area contributed by atoms with Crippen LogP contribution < -0.4 is 10.6 Å². The molecule has 3 N–H and O–H groups in total. The molecule has 5 nitrogen and oxygen atoms in total. The first-order chi connectivity index (χ1) is 9.65. The summed E-state index contributed by atoms with van der Waals surface area (Å²) in [5.41, 5.74) is 0.999. The molecule has 1 aromatic carbocycles. The molecule has 0 heterocycles. The summed E-state index contributed by atoms with van der Waals surface area (Å²) in [6, 6.07) is 6.94. The van der Waals surface area contributed by atoms with Crippen molar-refractivity contribution in [2.24, 2.45) is 0 Å². The van der Waals surface area contributed by atoms with Crippen molar-refractivity contribution in [2.45, 2.75) is 38.1 Å². The number of amides is 2. The Hall–Kier alpha value is -2.04. The molecule has 1 fully saturated rings. The highest BCUT2D eigenvalue weighted by molar-refractivity contribution is 6.35. The molecule has 0 bridgehead atoms. The molecular formula is C15H20N2O3. The van der Waals surface area contributed by atoms with Crippen molar-refractivity contribution in [3.63, 3.8) is 0 Å². The summed E-state index contributed by atoms with van der Waals surface area (Å²) in [5.74, 6) is -0.896. The van der Waals surface area contributed by atoms with Gasteiger partial charge in [-0.3, -0.25) is 9.59 Å². The Bertz CT molecular complexity index is 465. The highest BCUT2D eigenvalue weighted by Gasteiger charge is 2.20. The number of benzene rings is 1. The van der Waals surface area contributed by atoms with Crippen LogP contribution in [0.1, 0.15) is 31.2 Å². The Labute approximate surface area is 118 Å². The van der Waals surface area contributed by atoms with Crippen molar-refractivity contribution in [2.75, 3.05) is 6.54 Å². The lowest BCUT2D eigenvalue weighted by molar-refractivity contribution is -0.139. The summed E-state index contributed by atoms with van der Waals surface area (Å²) >= 11 is 0. The van der Waals surface area contributed by atoms with Crippen LogP contribution in [0.2, 0.25) is 0 Å². The third-order valence-corrected chi connectivity index (χ3v) is 3.53. The Morgan fingerprint density at radius 2 is 1.75 bits per heavy atom. The zero-order valence-corrected chi connectivity index (χ0v) is 11.4. The number of aromatic hydroxyl groups is 1. The van der Waals surface area contributed by atoms with Crippen molar-refractivity contribution in [3.8, 4) is 5.75 Å². The first kappa shape index (κ1) is 14.4. The van der Waals surface area contributed by atoms with E-state index in [0.717, 1.165) is 31.2 Å². The number of hydrogen-bond acceptors (Lipinski definition) is 3. The van der Waals surface area contributed by atoms with E-state index in [1.165, 1.54) is 0 Å². The second-order valence-electron chi connectivity index (χ2n) is 5.13. The van der Waals surface area contributed by atoms with E-state index in [9.17, 15) is 9.59 Å². The van der Waals surface area contributed by atoms with E-state index in [0.29, 0.717) is 13.0 Å². The molecule has 5 heteroatoms. The Morgan fingerprint density at radius 3 is 2.40 bits per heavy atom. The van der Waals surface area contributed by atoms with Crippen LogP contribution >= 0.6 is 0 Å². The van der Waals surface area contributed by atoms with Crippen LogP contribution in [0.15, 0.2) is 24.3 Å². The van der Waals surface area contributed by atoms with Crippen LogP contribution in [0.5, 0.6) is 5.75 Å². The SMILES string of the molecule is O=C(NCCc1ccc(O)cc1)C(=O)NC1CCCC1. The average molecular weight is 276 g/mol. The quantitative estimate of drug-likeness (QED) is 0.721. The molecule has 0 aromatic heterocycles. The van der Waals surface area contributed by atoms with Gasteiger partial charge < -0.3 is 15.7 Å². The molecule has 1 aliphatic rings. The van der Waals surface area contributed by atoms with E-state index in [2.05, 4.69) is 10.6 Å². The predicted octanol–water partition coefficient (Wildman–Crippen LogP) is 1.11. The maximum atomic E-state index is 11.6. The maximum absolute atomic E-state index is 11.6. The number of phenols is 1. The molecular weight excluding hydrogens is 256 g/mol. The number of rotatable bonds is 4. The van der Waals surface area contributed by atoms with Gasteiger partial charge in [0.05, 0.1) is 0 Å². The summed E-state index contributed by atoms with van der Waals surface area (Å²) in [6.07, 6.45) is 4.79. The lowest BCUT2D eigenvalue weighted by Crippen LogP contribution is -2.44. The van der Waals surface area contributed by atoms with Gasteiger partial charge in [-0.2, -0.15) is 0 Å². The van der Waals surface area contributed by atoms with E-state index < -0.39 is 11.8 Å². The number of carbonyl (C=O) groups is 2. The topological polar surface area (TPSA) is 78.4 Å². The zero-order chi connectivity index (χ0) is 14.4. The van der Waals surface area contributed by atoms with Crippen LogP contribution in [0.25, 0.3) is 0 Å². The molecule has 0 aliphatic heterocycles. The second kappa shape index (κ2) is 6.93. The van der Waals surface area contributed by atoms with Crippen molar-refractivity contribution < 1.29 is 14.7 Å². The summed E-state index contributed by atoms with van der Waals surface area (Å²) < 4.78 is 0. The molecule has 0 unspecified atom stereocenters. The molecule has 0 radical (unpaired) electrons. The van der Waals surface area contributed by atoms with E-state index in [1.54, 1.807) is 24.3 Å². The van der Waals surface area contributed by atoms with Gasteiger partial charge in [-0.05, 0) is 37.0 Å². The molecule has 2 amide bonds. The molecule has 20 heavy (non-hydrogen) atoms. The summed E-state index contributed by atoms with van der Waals surface area (Å²) in [7, 11) is 0. The predicted molar refractivity (Wildman–Crippen MR) is 75.2 cm³/mol. The van der Waals surface area contributed by atoms with Gasteiger partial charge >= 0.3 is 11.8 Å². The van der Waals surface area contributed by atoms with Crippen molar-refractivity contribution in [1.29, 1.82) is 0 Å². The third-order valence-electron chi connectivity index (χ3n) is 3.53. The van der Waals surface area contributed by atoms with Crippen LogP contribution in [0.3, 0.4) is 0 Å². The van der Waals surface area contributed by atoms with E-state index >= 15 is 0 Å². The van der Waals surface area contributed by atoms with Gasteiger partial charge in [0.2, 0.25) is 0 Å². The first-order valence-corrected chi connectivity index (χ1v) is 7.02. The van der Waals surface area contributed by atoms with Crippen molar-refractivity contribution in [1.82, 2.24) is 10.6 Å². The first-order valence-electron chi connectivity index (χ1n) is 7.02. The summed E-state index contributed by atoms with van der Waals surface area (Å²) in [5, 5.41) is 14.5. The van der Waals surface area contributed by atoms with Crippen LogP contribution in [0.4, 0.5) is 0 Å². The third kappa shape index (κ3) is 4.26. The lowest BCUT2D eigenvalue weighted by atomic mass is 10.1. The minimum absolute atomic E-state index is 0.158. The molecule has 0 saturated heterocycles. The number of nitrogens with one attached hydrogen (secondary N) is 2. The average Bonchev–Trinajstić information content (AvgIpc) is 2.93. The van der Waals surface area contributed by atoms with Crippen LogP contribution in [-0.2, 0) is 16.0 Å². The number of carbonyl (C=O) groups excluding carboxylic acids is 2. The van der Waals surface area contributed by atoms with Gasteiger partial charge in [0.1, 0.15) is 5.75 Å². The molecule has 2 rings (SSSR count). The fourth-order valence-corrected chi connectivity index (χ4v) is 2.38. The number of phenolic OH excluding ortho intramolecular Hbond substituents is 1. The van der Waals surface area contributed by atoms with Gasteiger partial charge in [0, 0.05) is 12.6 Å². The minimum Gasteiger partial charge on any atom is -0.508 e. The normalized spacial score (nSPS) is 15.0. The largest absolute Gasteiger partial charge is 0.508 e. The smallest absolute Gasteiger partial charge is 0.309 e. The molecule has 0 spiro atoms. The maximum Gasteiger partial charge on any atom is 0.309 e. The second-order valence-corrected chi connectivity index (χ2v) is 5.13. The minimum atomic E-state index is -0.573. The fraction of sp³-hybridized carbons (Fsp3) is 0.467. The van der Waals surface area contributed by atoms with Gasteiger partial charge in [-0.1, -0.05) is 25.0 Å². The van der Waals surface area contributed by atoms with Crippen LogP contribution in [-0.4, -0.2) is 29.5 Å². The Morgan fingerprint density at radius 1 is 1.10 bits per heavy atom. The highest BCUT2D eigenvalue weighted by Crippen LogP contribution is 2.17. The Balaban J connectivity index is 1.68. The van der Waals surface area contributed by atoms with E-state index in [4.69, 9.17) is 5.11 Å². The van der Waals surface area contributed by atoms with Gasteiger partial charge in [-0.25, -0.2) is 0 Å². The van der Waals surface area contributed by atoms with Crippen LogP contribution in [0, 0.1) is 0 Å². The fourth-order valence-electron chi connectivity index (χ4n) is 2.38. The summed E-state index contributed by atoms with van der Waals surface area (Å²) in [6.45, 7) is 0.404. The molecule has 0 atom stereocenters. The van der Waals surface area contributed by atoms with E-state index in [-0.39, 0.29) is 11.8 Å². The monoisotopic (exact) mass is 276 g/mol. The molecule has 1 aliphatic carbocycles. The highest BCUT2D eigenvalue weighted by atomic mass is 16.3. The molecule has 1 aromatic rings.